The Bertz CT molecular complexity index is 160. The van der Waals surface area contributed by atoms with Crippen LogP contribution in [0.15, 0.2) is 25.3 Å². The van der Waals surface area contributed by atoms with Crippen LogP contribution < -0.4 is 0 Å². The molecule has 15 heavy (non-hydrogen) atoms. The average molecular weight is 228 g/mol. The molecule has 0 aromatic rings. The summed E-state index contributed by atoms with van der Waals surface area (Å²) in [6, 6.07) is 2.12. The van der Waals surface area contributed by atoms with Crippen molar-refractivity contribution in [1.29, 1.82) is 0 Å². The summed E-state index contributed by atoms with van der Waals surface area (Å²) in [5.41, 5.74) is 0. The normalized spacial score (nSPS) is 11.3. The van der Waals surface area contributed by atoms with E-state index in [0.717, 1.165) is 24.9 Å². The molecule has 0 bridgehead atoms. The molecular formula is C12H24O2Si. The molecule has 0 saturated carbocycles. The summed E-state index contributed by atoms with van der Waals surface area (Å²) < 4.78 is 11.8. The molecule has 0 N–H and O–H groups in total. The zero-order valence-corrected chi connectivity index (χ0v) is 11.1. The molecule has 2 nitrogen and oxygen atoms in total. The first-order chi connectivity index (χ1) is 7.24. The third-order valence-electron chi connectivity index (χ3n) is 2.19. The summed E-state index contributed by atoms with van der Waals surface area (Å²) >= 11 is 0. The van der Waals surface area contributed by atoms with Gasteiger partial charge in [0, 0.05) is 0 Å². The molecule has 3 heteroatoms. The van der Waals surface area contributed by atoms with Crippen molar-refractivity contribution in [2.75, 3.05) is 13.2 Å². The van der Waals surface area contributed by atoms with Crippen LogP contribution in [-0.2, 0) is 8.85 Å². The summed E-state index contributed by atoms with van der Waals surface area (Å²) in [5, 5.41) is 0. The van der Waals surface area contributed by atoms with Gasteiger partial charge >= 0.3 is 8.56 Å². The highest BCUT2D eigenvalue weighted by Crippen LogP contribution is 2.22. The summed E-state index contributed by atoms with van der Waals surface area (Å²) in [6.07, 6.45) is 5.82. The van der Waals surface area contributed by atoms with Crippen molar-refractivity contribution >= 4 is 8.56 Å². The number of hydrogen-bond donors (Lipinski definition) is 0. The van der Waals surface area contributed by atoms with E-state index in [4.69, 9.17) is 8.85 Å². The van der Waals surface area contributed by atoms with Crippen LogP contribution in [0.3, 0.4) is 0 Å². The minimum Gasteiger partial charge on any atom is -0.390 e. The van der Waals surface area contributed by atoms with Gasteiger partial charge in [-0.05, 0) is 12.1 Å². The van der Waals surface area contributed by atoms with Gasteiger partial charge in [0.05, 0.1) is 13.2 Å². The first-order valence-electron chi connectivity index (χ1n) is 5.74. The summed E-state index contributed by atoms with van der Waals surface area (Å²) in [7, 11) is -1.98. The zero-order chi connectivity index (χ0) is 11.6. The van der Waals surface area contributed by atoms with E-state index >= 15 is 0 Å². The Morgan fingerprint density at radius 1 is 0.933 bits per heavy atom. The Balaban J connectivity index is 4.38. The molecule has 0 aromatic carbocycles. The maximum Gasteiger partial charge on any atom is 0.338 e. The second-order valence-corrected chi connectivity index (χ2v) is 7.01. The van der Waals surface area contributed by atoms with Crippen molar-refractivity contribution in [2.24, 2.45) is 0 Å². The fourth-order valence-electron chi connectivity index (χ4n) is 1.64. The van der Waals surface area contributed by atoms with Crippen LogP contribution in [0.1, 0.15) is 26.7 Å². The fraction of sp³-hybridized carbons (Fsp3) is 0.667. The third kappa shape index (κ3) is 5.92. The fourth-order valence-corrected chi connectivity index (χ4v) is 4.92. The molecule has 0 atom stereocenters. The van der Waals surface area contributed by atoms with Crippen LogP contribution in [-0.4, -0.2) is 21.8 Å². The van der Waals surface area contributed by atoms with Gasteiger partial charge < -0.3 is 8.85 Å². The first kappa shape index (κ1) is 14.6. The van der Waals surface area contributed by atoms with Crippen LogP contribution in [0, 0.1) is 0 Å². The van der Waals surface area contributed by atoms with Crippen molar-refractivity contribution < 1.29 is 8.85 Å². The molecule has 0 saturated heterocycles. The number of rotatable bonds is 10. The van der Waals surface area contributed by atoms with Crippen molar-refractivity contribution in [2.45, 2.75) is 38.8 Å². The lowest BCUT2D eigenvalue weighted by Gasteiger charge is -2.29. The van der Waals surface area contributed by atoms with E-state index in [0.29, 0.717) is 13.2 Å². The molecule has 0 aromatic heterocycles. The Morgan fingerprint density at radius 2 is 1.33 bits per heavy atom. The van der Waals surface area contributed by atoms with Crippen LogP contribution in [0.2, 0.25) is 12.1 Å². The highest BCUT2D eigenvalue weighted by Gasteiger charge is 2.35. The van der Waals surface area contributed by atoms with Gasteiger partial charge in [0.1, 0.15) is 0 Å². The minimum absolute atomic E-state index is 0.601. The predicted molar refractivity (Wildman–Crippen MR) is 68.2 cm³/mol. The second kappa shape index (κ2) is 8.89. The maximum absolute atomic E-state index is 5.91. The van der Waals surface area contributed by atoms with Crippen LogP contribution in [0.25, 0.3) is 0 Å². The van der Waals surface area contributed by atoms with Gasteiger partial charge in [0.2, 0.25) is 0 Å². The van der Waals surface area contributed by atoms with E-state index in [-0.39, 0.29) is 0 Å². The molecule has 0 unspecified atom stereocenters. The van der Waals surface area contributed by atoms with Crippen LogP contribution in [0.5, 0.6) is 0 Å². The highest BCUT2D eigenvalue weighted by molar-refractivity contribution is 6.67. The van der Waals surface area contributed by atoms with Crippen molar-refractivity contribution in [3.8, 4) is 0 Å². The Kier molecular flexibility index (Phi) is 8.66. The third-order valence-corrected chi connectivity index (χ3v) is 6.10. The van der Waals surface area contributed by atoms with Gasteiger partial charge in [0.25, 0.3) is 0 Å². The summed E-state index contributed by atoms with van der Waals surface area (Å²) in [6.45, 7) is 12.9. The van der Waals surface area contributed by atoms with Gasteiger partial charge in [-0.3, -0.25) is 0 Å². The number of hydrogen-bond acceptors (Lipinski definition) is 2. The zero-order valence-electron chi connectivity index (χ0n) is 10.1. The van der Waals surface area contributed by atoms with E-state index in [9.17, 15) is 0 Å². The molecule has 0 radical (unpaired) electrons. The average Bonchev–Trinajstić information content (AvgIpc) is 2.24. The molecule has 88 valence electrons. The van der Waals surface area contributed by atoms with Gasteiger partial charge in [-0.2, -0.15) is 0 Å². The Labute approximate surface area is 95.2 Å². The van der Waals surface area contributed by atoms with E-state index in [1.807, 2.05) is 0 Å². The lowest BCUT2D eigenvalue weighted by atomic mass is 10.6. The van der Waals surface area contributed by atoms with E-state index in [1.54, 1.807) is 12.2 Å². The molecule has 0 aliphatic rings. The van der Waals surface area contributed by atoms with E-state index < -0.39 is 8.56 Å². The first-order valence-corrected chi connectivity index (χ1v) is 7.97. The minimum atomic E-state index is -1.98. The molecule has 0 amide bonds. The lowest BCUT2D eigenvalue weighted by Crippen LogP contribution is -2.42. The van der Waals surface area contributed by atoms with Crippen molar-refractivity contribution in [1.82, 2.24) is 0 Å². The highest BCUT2D eigenvalue weighted by atomic mass is 28.4. The van der Waals surface area contributed by atoms with Crippen LogP contribution in [0.4, 0.5) is 0 Å². The molecular weight excluding hydrogens is 204 g/mol. The van der Waals surface area contributed by atoms with E-state index in [1.165, 1.54) is 0 Å². The molecule has 0 heterocycles. The van der Waals surface area contributed by atoms with Crippen molar-refractivity contribution in [3.05, 3.63) is 25.3 Å². The monoisotopic (exact) mass is 228 g/mol. The smallest absolute Gasteiger partial charge is 0.338 e. The molecule has 0 fully saturated rings. The van der Waals surface area contributed by atoms with Crippen molar-refractivity contribution in [3.63, 3.8) is 0 Å². The molecule has 0 rings (SSSR count). The predicted octanol–water partition coefficient (Wildman–Crippen LogP) is 3.65. The lowest BCUT2D eigenvalue weighted by molar-refractivity contribution is 0.199. The molecule has 0 spiro atoms. The van der Waals surface area contributed by atoms with Gasteiger partial charge in [-0.25, -0.2) is 0 Å². The van der Waals surface area contributed by atoms with Gasteiger partial charge in [-0.1, -0.05) is 38.8 Å². The van der Waals surface area contributed by atoms with Crippen LogP contribution >= 0.6 is 0 Å². The topological polar surface area (TPSA) is 18.5 Å². The van der Waals surface area contributed by atoms with Gasteiger partial charge in [-0.15, -0.1) is 13.2 Å². The van der Waals surface area contributed by atoms with Gasteiger partial charge in [0.15, 0.2) is 0 Å². The maximum atomic E-state index is 5.91. The SMILES string of the molecule is C=CCO[Si](CCC)(CCC)OCC=C. The summed E-state index contributed by atoms with van der Waals surface area (Å²) in [4.78, 5) is 0. The van der Waals surface area contributed by atoms with E-state index in [2.05, 4.69) is 27.0 Å². The molecule has 0 aliphatic carbocycles. The quantitative estimate of drug-likeness (QED) is 0.420. The standard InChI is InChI=1S/C12H24O2Si/c1-5-9-13-15(11-7-3,12-8-4)14-10-6-2/h5-6H,1-2,7-12H2,3-4H3. The molecule has 0 aliphatic heterocycles. The Hall–Kier alpha value is -0.383. The Morgan fingerprint density at radius 3 is 1.60 bits per heavy atom. The largest absolute Gasteiger partial charge is 0.390 e. The summed E-state index contributed by atoms with van der Waals surface area (Å²) in [5.74, 6) is 0. The second-order valence-electron chi connectivity index (χ2n) is 3.61.